The average Bonchev–Trinajstić information content (AvgIpc) is 2.37. The first-order valence-corrected chi connectivity index (χ1v) is 7.97. The molecule has 0 heterocycles. The van der Waals surface area contributed by atoms with E-state index in [0.717, 1.165) is 25.3 Å². The van der Waals surface area contributed by atoms with Crippen LogP contribution in [0.5, 0.6) is 0 Å². The number of nitrogens with one attached hydrogen (secondary N) is 2. The van der Waals surface area contributed by atoms with Crippen molar-refractivity contribution < 1.29 is 8.42 Å². The third-order valence-corrected chi connectivity index (χ3v) is 4.41. The second-order valence-corrected chi connectivity index (χ2v) is 6.37. The second kappa shape index (κ2) is 11.7. The van der Waals surface area contributed by atoms with Crippen molar-refractivity contribution in [3.05, 3.63) is 0 Å². The van der Waals surface area contributed by atoms with Crippen LogP contribution in [0.4, 0.5) is 0 Å². The lowest BCUT2D eigenvalue weighted by atomic mass is 10.4. The third kappa shape index (κ3) is 9.44. The van der Waals surface area contributed by atoms with E-state index in [1.807, 2.05) is 0 Å². The molecular formula is C11H27IN4O2S. The number of hydrogen-bond donors (Lipinski definition) is 2. The standard InChI is InChI=1S/C11H26N4O2S.HI/c1-5-8-13-11(12-3)14-9-7-10-15(4)18(16,17)6-2;/h5-10H2,1-4H3,(H2,12,13,14);1H. The molecule has 0 aliphatic rings. The maximum Gasteiger partial charge on any atom is 0.213 e. The molecule has 0 amide bonds. The lowest BCUT2D eigenvalue weighted by Gasteiger charge is -2.16. The van der Waals surface area contributed by atoms with Crippen molar-refractivity contribution in [3.63, 3.8) is 0 Å². The van der Waals surface area contributed by atoms with E-state index in [9.17, 15) is 8.42 Å². The molecule has 0 aromatic rings. The Morgan fingerprint density at radius 3 is 2.26 bits per heavy atom. The van der Waals surface area contributed by atoms with Crippen LogP contribution >= 0.6 is 24.0 Å². The van der Waals surface area contributed by atoms with Crippen molar-refractivity contribution in [1.29, 1.82) is 0 Å². The SMILES string of the molecule is CCCNC(=NC)NCCCN(C)S(=O)(=O)CC.I. The average molecular weight is 406 g/mol. The van der Waals surface area contributed by atoms with Crippen LogP contribution in [0.2, 0.25) is 0 Å². The molecule has 0 rings (SSSR count). The molecule has 0 aliphatic heterocycles. The van der Waals surface area contributed by atoms with E-state index in [-0.39, 0.29) is 29.7 Å². The van der Waals surface area contributed by atoms with Crippen molar-refractivity contribution in [2.45, 2.75) is 26.7 Å². The fraction of sp³-hybridized carbons (Fsp3) is 0.909. The number of nitrogens with zero attached hydrogens (tertiary/aromatic N) is 2. The number of rotatable bonds is 8. The molecule has 0 aromatic carbocycles. The molecule has 0 bridgehead atoms. The minimum atomic E-state index is -3.06. The van der Waals surface area contributed by atoms with Crippen LogP contribution in [-0.2, 0) is 10.0 Å². The van der Waals surface area contributed by atoms with Crippen LogP contribution in [0.15, 0.2) is 4.99 Å². The zero-order valence-corrected chi connectivity index (χ0v) is 15.4. The van der Waals surface area contributed by atoms with Crippen molar-refractivity contribution in [1.82, 2.24) is 14.9 Å². The Morgan fingerprint density at radius 1 is 1.21 bits per heavy atom. The molecule has 0 fully saturated rings. The maximum atomic E-state index is 11.5. The molecule has 0 saturated heterocycles. The summed E-state index contributed by atoms with van der Waals surface area (Å²) < 4.78 is 24.4. The molecule has 0 unspecified atom stereocenters. The van der Waals surface area contributed by atoms with Gasteiger partial charge in [0.1, 0.15) is 0 Å². The fourth-order valence-electron chi connectivity index (χ4n) is 1.33. The molecule has 19 heavy (non-hydrogen) atoms. The minimum Gasteiger partial charge on any atom is -0.356 e. The van der Waals surface area contributed by atoms with Crippen LogP contribution in [-0.4, -0.2) is 58.2 Å². The molecule has 0 saturated carbocycles. The van der Waals surface area contributed by atoms with Crippen molar-refractivity contribution in [3.8, 4) is 0 Å². The maximum absolute atomic E-state index is 11.5. The molecule has 0 aromatic heterocycles. The Morgan fingerprint density at radius 2 is 1.79 bits per heavy atom. The molecule has 8 heteroatoms. The number of halogens is 1. The number of hydrogen-bond acceptors (Lipinski definition) is 3. The molecule has 0 aliphatic carbocycles. The van der Waals surface area contributed by atoms with E-state index in [1.165, 1.54) is 4.31 Å². The van der Waals surface area contributed by atoms with E-state index in [0.29, 0.717) is 13.1 Å². The number of sulfonamides is 1. The highest BCUT2D eigenvalue weighted by atomic mass is 127. The summed E-state index contributed by atoms with van der Waals surface area (Å²) >= 11 is 0. The normalized spacial score (nSPS) is 12.2. The Balaban J connectivity index is 0. The summed E-state index contributed by atoms with van der Waals surface area (Å²) in [5.74, 6) is 0.911. The molecule has 116 valence electrons. The van der Waals surface area contributed by atoms with E-state index in [2.05, 4.69) is 22.5 Å². The van der Waals surface area contributed by atoms with E-state index < -0.39 is 10.0 Å². The van der Waals surface area contributed by atoms with Gasteiger partial charge in [0.2, 0.25) is 10.0 Å². The molecular weight excluding hydrogens is 379 g/mol. The van der Waals surface area contributed by atoms with Gasteiger partial charge in [-0.25, -0.2) is 12.7 Å². The van der Waals surface area contributed by atoms with Gasteiger partial charge in [-0.15, -0.1) is 24.0 Å². The van der Waals surface area contributed by atoms with E-state index >= 15 is 0 Å². The third-order valence-electron chi connectivity index (χ3n) is 2.55. The molecule has 6 nitrogen and oxygen atoms in total. The lowest BCUT2D eigenvalue weighted by molar-refractivity contribution is 0.461. The van der Waals surface area contributed by atoms with Gasteiger partial charge in [-0.05, 0) is 19.8 Å². The fourth-order valence-corrected chi connectivity index (χ4v) is 2.18. The highest BCUT2D eigenvalue weighted by Gasteiger charge is 2.13. The van der Waals surface area contributed by atoms with Crippen LogP contribution in [0, 0.1) is 0 Å². The Kier molecular flexibility index (Phi) is 13.1. The predicted octanol–water partition coefficient (Wildman–Crippen LogP) is 0.851. The van der Waals surface area contributed by atoms with Crippen LogP contribution in [0.3, 0.4) is 0 Å². The van der Waals surface area contributed by atoms with Gasteiger partial charge in [0, 0.05) is 33.7 Å². The van der Waals surface area contributed by atoms with Gasteiger partial charge in [0.05, 0.1) is 5.75 Å². The van der Waals surface area contributed by atoms with Crippen molar-refractivity contribution >= 4 is 40.0 Å². The van der Waals surface area contributed by atoms with Gasteiger partial charge >= 0.3 is 0 Å². The van der Waals surface area contributed by atoms with E-state index in [1.54, 1.807) is 21.0 Å². The van der Waals surface area contributed by atoms with Crippen molar-refractivity contribution in [2.24, 2.45) is 4.99 Å². The summed E-state index contributed by atoms with van der Waals surface area (Å²) in [7, 11) is 0.276. The summed E-state index contributed by atoms with van der Waals surface area (Å²) in [6.07, 6.45) is 1.79. The van der Waals surface area contributed by atoms with Gasteiger partial charge in [0.25, 0.3) is 0 Å². The van der Waals surface area contributed by atoms with Crippen LogP contribution in [0.1, 0.15) is 26.7 Å². The highest BCUT2D eigenvalue weighted by Crippen LogP contribution is 1.98. The largest absolute Gasteiger partial charge is 0.356 e. The van der Waals surface area contributed by atoms with E-state index in [4.69, 9.17) is 0 Å². The topological polar surface area (TPSA) is 73.8 Å². The minimum absolute atomic E-state index is 0. The predicted molar refractivity (Wildman–Crippen MR) is 91.8 cm³/mol. The summed E-state index contributed by atoms with van der Waals surface area (Å²) in [4.78, 5) is 4.07. The Labute approximate surface area is 134 Å². The first kappa shape index (κ1) is 21.2. The first-order chi connectivity index (χ1) is 8.47. The second-order valence-electron chi connectivity index (χ2n) is 4.00. The Bertz CT molecular complexity index is 347. The van der Waals surface area contributed by atoms with Gasteiger partial charge < -0.3 is 10.6 Å². The Hall–Kier alpha value is -0.0900. The number of guanidine groups is 1. The molecule has 0 radical (unpaired) electrons. The first-order valence-electron chi connectivity index (χ1n) is 6.36. The summed E-state index contributed by atoms with van der Waals surface area (Å²) in [5, 5.41) is 6.30. The van der Waals surface area contributed by atoms with Gasteiger partial charge in [0.15, 0.2) is 5.96 Å². The zero-order chi connectivity index (χ0) is 14.0. The lowest BCUT2D eigenvalue weighted by Crippen LogP contribution is -2.39. The quantitative estimate of drug-likeness (QED) is 0.271. The molecule has 0 atom stereocenters. The van der Waals surface area contributed by atoms with Crippen molar-refractivity contribution in [2.75, 3.05) is 39.5 Å². The summed E-state index contributed by atoms with van der Waals surface area (Å²) in [5.41, 5.74) is 0. The smallest absolute Gasteiger partial charge is 0.213 e. The number of aliphatic imine (C=N–C) groups is 1. The highest BCUT2D eigenvalue weighted by molar-refractivity contribution is 14.0. The summed E-state index contributed by atoms with van der Waals surface area (Å²) in [6, 6.07) is 0. The molecule has 2 N–H and O–H groups in total. The zero-order valence-electron chi connectivity index (χ0n) is 12.3. The monoisotopic (exact) mass is 406 g/mol. The van der Waals surface area contributed by atoms with Crippen LogP contribution < -0.4 is 10.6 Å². The molecule has 0 spiro atoms. The van der Waals surface area contributed by atoms with Gasteiger partial charge in [-0.1, -0.05) is 6.92 Å². The van der Waals surface area contributed by atoms with Gasteiger partial charge in [-0.3, -0.25) is 4.99 Å². The van der Waals surface area contributed by atoms with Gasteiger partial charge in [-0.2, -0.15) is 0 Å². The summed E-state index contributed by atoms with van der Waals surface area (Å²) in [6.45, 7) is 5.84. The van der Waals surface area contributed by atoms with Crippen LogP contribution in [0.25, 0.3) is 0 Å².